The molecule has 2 aromatic rings. The van der Waals surface area contributed by atoms with E-state index in [1.807, 2.05) is 37.3 Å². The molecule has 0 saturated heterocycles. The molecule has 17 heavy (non-hydrogen) atoms. The summed E-state index contributed by atoms with van der Waals surface area (Å²) < 4.78 is 19.3. The average Bonchev–Trinajstić information content (AvgIpc) is 2.31. The van der Waals surface area contributed by atoms with E-state index in [0.717, 1.165) is 16.9 Å². The van der Waals surface area contributed by atoms with Crippen LogP contribution in [-0.2, 0) is 6.61 Å². The predicted molar refractivity (Wildman–Crippen MR) is 69.6 cm³/mol. The van der Waals surface area contributed by atoms with Crippen molar-refractivity contribution in [2.75, 3.05) is 0 Å². The molecular weight excluding hydrogens is 283 g/mol. The summed E-state index contributed by atoms with van der Waals surface area (Å²) in [5, 5.41) is 0. The second-order valence-electron chi connectivity index (χ2n) is 3.82. The maximum absolute atomic E-state index is 13.3. The summed E-state index contributed by atoms with van der Waals surface area (Å²) >= 11 is 3.21. The minimum absolute atomic E-state index is 0.268. The minimum Gasteiger partial charge on any atom is -0.489 e. The van der Waals surface area contributed by atoms with Crippen molar-refractivity contribution in [3.05, 3.63) is 63.9 Å². The Kier molecular flexibility index (Phi) is 3.79. The molecule has 0 aliphatic heterocycles. The molecule has 2 rings (SSSR count). The van der Waals surface area contributed by atoms with Gasteiger partial charge in [0.2, 0.25) is 0 Å². The highest BCUT2D eigenvalue weighted by Gasteiger charge is 2.05. The van der Waals surface area contributed by atoms with Gasteiger partial charge in [0, 0.05) is 5.56 Å². The zero-order chi connectivity index (χ0) is 12.3. The molecule has 0 bridgehead atoms. The molecule has 0 aliphatic rings. The van der Waals surface area contributed by atoms with Crippen LogP contribution in [0.1, 0.15) is 11.1 Å². The van der Waals surface area contributed by atoms with Crippen LogP contribution in [0.25, 0.3) is 0 Å². The zero-order valence-corrected chi connectivity index (χ0v) is 11.0. The monoisotopic (exact) mass is 294 g/mol. The van der Waals surface area contributed by atoms with E-state index in [1.165, 1.54) is 6.07 Å². The molecular formula is C14H12BrFO. The summed E-state index contributed by atoms with van der Waals surface area (Å²) in [6.45, 7) is 2.35. The number of ether oxygens (including phenoxy) is 1. The van der Waals surface area contributed by atoms with Gasteiger partial charge in [0.15, 0.2) is 0 Å². The maximum atomic E-state index is 13.3. The summed E-state index contributed by atoms with van der Waals surface area (Å²) in [6.07, 6.45) is 0. The molecule has 0 unspecified atom stereocenters. The van der Waals surface area contributed by atoms with Crippen LogP contribution in [-0.4, -0.2) is 0 Å². The molecule has 0 aromatic heterocycles. The first-order valence-electron chi connectivity index (χ1n) is 5.29. The quantitative estimate of drug-likeness (QED) is 0.811. The van der Waals surface area contributed by atoms with E-state index in [4.69, 9.17) is 4.74 Å². The van der Waals surface area contributed by atoms with Crippen LogP contribution >= 0.6 is 15.9 Å². The first-order chi connectivity index (χ1) is 8.16. The topological polar surface area (TPSA) is 9.23 Å². The SMILES string of the molecule is Cc1cccc(OCc2cccc(F)c2Br)c1. The Hall–Kier alpha value is -1.35. The highest BCUT2D eigenvalue weighted by molar-refractivity contribution is 9.10. The summed E-state index contributed by atoms with van der Waals surface area (Å²) in [5.41, 5.74) is 1.94. The lowest BCUT2D eigenvalue weighted by Gasteiger charge is -2.08. The van der Waals surface area contributed by atoms with Gasteiger partial charge in [-0.3, -0.25) is 0 Å². The van der Waals surface area contributed by atoms with E-state index >= 15 is 0 Å². The summed E-state index contributed by atoms with van der Waals surface area (Å²) in [7, 11) is 0. The Labute approximate surface area is 108 Å². The van der Waals surface area contributed by atoms with Gasteiger partial charge in [0.1, 0.15) is 18.2 Å². The third-order valence-corrected chi connectivity index (χ3v) is 3.30. The number of aryl methyl sites for hydroxylation is 1. The number of benzene rings is 2. The van der Waals surface area contributed by atoms with Crippen LogP contribution in [0.15, 0.2) is 46.9 Å². The highest BCUT2D eigenvalue weighted by atomic mass is 79.9. The highest BCUT2D eigenvalue weighted by Crippen LogP contribution is 2.22. The smallest absolute Gasteiger partial charge is 0.137 e. The first-order valence-corrected chi connectivity index (χ1v) is 6.08. The molecule has 0 spiro atoms. The molecule has 0 N–H and O–H groups in total. The minimum atomic E-state index is -0.268. The van der Waals surface area contributed by atoms with E-state index in [1.54, 1.807) is 6.07 Å². The van der Waals surface area contributed by atoms with Crippen LogP contribution in [0.2, 0.25) is 0 Å². The van der Waals surface area contributed by atoms with Gasteiger partial charge in [0.05, 0.1) is 4.47 Å². The number of hydrogen-bond acceptors (Lipinski definition) is 1. The Morgan fingerprint density at radius 2 is 1.94 bits per heavy atom. The molecule has 0 amide bonds. The second-order valence-corrected chi connectivity index (χ2v) is 4.61. The standard InChI is InChI=1S/C14H12BrFO/c1-10-4-2-6-12(8-10)17-9-11-5-3-7-13(16)14(11)15/h2-8H,9H2,1H3. The summed E-state index contributed by atoms with van der Waals surface area (Å²) in [4.78, 5) is 0. The van der Waals surface area contributed by atoms with Gasteiger partial charge >= 0.3 is 0 Å². The lowest BCUT2D eigenvalue weighted by atomic mass is 10.2. The van der Waals surface area contributed by atoms with Gasteiger partial charge in [-0.05, 0) is 46.6 Å². The van der Waals surface area contributed by atoms with Crippen molar-refractivity contribution in [1.29, 1.82) is 0 Å². The third kappa shape index (κ3) is 3.07. The van der Waals surface area contributed by atoms with E-state index in [2.05, 4.69) is 15.9 Å². The van der Waals surface area contributed by atoms with Gasteiger partial charge < -0.3 is 4.74 Å². The number of halogens is 2. The van der Waals surface area contributed by atoms with Crippen LogP contribution in [0.5, 0.6) is 5.75 Å². The average molecular weight is 295 g/mol. The van der Waals surface area contributed by atoms with Crippen LogP contribution in [0, 0.1) is 12.7 Å². The third-order valence-electron chi connectivity index (χ3n) is 2.42. The molecule has 0 saturated carbocycles. The molecule has 0 radical (unpaired) electrons. The van der Waals surface area contributed by atoms with E-state index in [-0.39, 0.29) is 5.82 Å². The van der Waals surface area contributed by atoms with Gasteiger partial charge in [-0.1, -0.05) is 24.3 Å². The van der Waals surface area contributed by atoms with Gasteiger partial charge in [-0.15, -0.1) is 0 Å². The van der Waals surface area contributed by atoms with Crippen molar-refractivity contribution in [3.63, 3.8) is 0 Å². The van der Waals surface area contributed by atoms with Gasteiger partial charge in [0.25, 0.3) is 0 Å². The summed E-state index contributed by atoms with van der Waals surface area (Å²) in [6, 6.07) is 12.7. The van der Waals surface area contributed by atoms with E-state index in [0.29, 0.717) is 11.1 Å². The van der Waals surface area contributed by atoms with Crippen molar-refractivity contribution in [1.82, 2.24) is 0 Å². The molecule has 0 fully saturated rings. The fourth-order valence-electron chi connectivity index (χ4n) is 1.53. The maximum Gasteiger partial charge on any atom is 0.137 e. The molecule has 1 nitrogen and oxygen atoms in total. The zero-order valence-electron chi connectivity index (χ0n) is 9.41. The van der Waals surface area contributed by atoms with E-state index < -0.39 is 0 Å². The molecule has 0 aliphatic carbocycles. The normalized spacial score (nSPS) is 10.3. The summed E-state index contributed by atoms with van der Waals surface area (Å²) in [5.74, 6) is 0.525. The fourth-order valence-corrected chi connectivity index (χ4v) is 1.90. The van der Waals surface area contributed by atoms with E-state index in [9.17, 15) is 4.39 Å². The van der Waals surface area contributed by atoms with Crippen molar-refractivity contribution < 1.29 is 9.13 Å². The lowest BCUT2D eigenvalue weighted by Crippen LogP contribution is -1.97. The van der Waals surface area contributed by atoms with Gasteiger partial charge in [-0.2, -0.15) is 0 Å². The lowest BCUT2D eigenvalue weighted by molar-refractivity contribution is 0.304. The predicted octanol–water partition coefficient (Wildman–Crippen LogP) is 4.48. The first kappa shape index (κ1) is 12.1. The molecule has 0 atom stereocenters. The molecule has 0 heterocycles. The van der Waals surface area contributed by atoms with Crippen LogP contribution in [0.3, 0.4) is 0 Å². The fraction of sp³-hybridized carbons (Fsp3) is 0.143. The largest absolute Gasteiger partial charge is 0.489 e. The number of rotatable bonds is 3. The van der Waals surface area contributed by atoms with Crippen LogP contribution < -0.4 is 4.74 Å². The Balaban J connectivity index is 2.10. The number of hydrogen-bond donors (Lipinski definition) is 0. The molecule has 2 aromatic carbocycles. The Bertz CT molecular complexity index is 525. The molecule has 88 valence electrons. The Morgan fingerprint density at radius 3 is 2.71 bits per heavy atom. The second kappa shape index (κ2) is 5.32. The van der Waals surface area contributed by atoms with Crippen molar-refractivity contribution in [2.24, 2.45) is 0 Å². The van der Waals surface area contributed by atoms with Gasteiger partial charge in [-0.25, -0.2) is 4.39 Å². The molecule has 3 heteroatoms. The van der Waals surface area contributed by atoms with Crippen molar-refractivity contribution >= 4 is 15.9 Å². The van der Waals surface area contributed by atoms with Crippen molar-refractivity contribution in [2.45, 2.75) is 13.5 Å². The van der Waals surface area contributed by atoms with Crippen molar-refractivity contribution in [3.8, 4) is 5.75 Å². The Morgan fingerprint density at radius 1 is 1.18 bits per heavy atom. The van der Waals surface area contributed by atoms with Crippen LogP contribution in [0.4, 0.5) is 4.39 Å².